The van der Waals surface area contributed by atoms with Crippen molar-refractivity contribution in [1.29, 1.82) is 0 Å². The molecule has 30 heavy (non-hydrogen) atoms. The summed E-state index contributed by atoms with van der Waals surface area (Å²) in [5, 5.41) is 0.949. The first-order valence-electron chi connectivity index (χ1n) is 9.22. The number of H-pyrrole nitrogens is 2. The van der Waals surface area contributed by atoms with Crippen molar-refractivity contribution in [1.82, 2.24) is 19.7 Å². The minimum Gasteiger partial charge on any atom is -0.361 e. The first kappa shape index (κ1) is 20.0. The summed E-state index contributed by atoms with van der Waals surface area (Å²) in [6.45, 7) is 1.63. The van der Waals surface area contributed by atoms with Gasteiger partial charge < -0.3 is 9.97 Å². The quantitative estimate of drug-likeness (QED) is 0.440. The second kappa shape index (κ2) is 7.85. The Kier molecular flexibility index (Phi) is 5.23. The summed E-state index contributed by atoms with van der Waals surface area (Å²) < 4.78 is 41.7. The second-order valence-electron chi connectivity index (χ2n) is 6.95. The lowest BCUT2D eigenvalue weighted by atomic mass is 10.0. The zero-order valence-corrected chi connectivity index (χ0v) is 16.8. The fraction of sp³-hybridized carbons (Fsp3) is 0.143. The Morgan fingerprint density at radius 3 is 2.60 bits per heavy atom. The molecule has 7 nitrogen and oxygen atoms in total. The Morgan fingerprint density at radius 2 is 1.87 bits per heavy atom. The average molecular weight is 426 g/mol. The minimum atomic E-state index is -3.99. The van der Waals surface area contributed by atoms with Gasteiger partial charge in [-0.25, -0.2) is 22.5 Å². The van der Waals surface area contributed by atoms with Gasteiger partial charge in [-0.05, 0) is 49.2 Å². The van der Waals surface area contributed by atoms with Crippen molar-refractivity contribution in [2.24, 2.45) is 0 Å². The largest absolute Gasteiger partial charge is 0.361 e. The third kappa shape index (κ3) is 4.17. The van der Waals surface area contributed by atoms with Gasteiger partial charge in [0.15, 0.2) is 0 Å². The van der Waals surface area contributed by atoms with E-state index < -0.39 is 21.9 Å². The number of hydrogen-bond donors (Lipinski definition) is 3. The maximum atomic E-state index is 13.2. The van der Waals surface area contributed by atoms with Gasteiger partial charge in [0.2, 0.25) is 10.0 Å². The van der Waals surface area contributed by atoms with Gasteiger partial charge in [-0.15, -0.1) is 0 Å². The number of rotatable bonds is 6. The molecular weight excluding hydrogens is 407 g/mol. The molecule has 0 aliphatic heterocycles. The first-order chi connectivity index (χ1) is 14.3. The molecule has 0 amide bonds. The third-order valence-electron chi connectivity index (χ3n) is 4.76. The molecule has 3 N–H and O–H groups in total. The average Bonchev–Trinajstić information content (AvgIpc) is 3.10. The van der Waals surface area contributed by atoms with E-state index >= 15 is 0 Å². The Bertz CT molecular complexity index is 1360. The highest BCUT2D eigenvalue weighted by Gasteiger charge is 2.24. The topological polar surface area (TPSA) is 108 Å². The molecule has 0 saturated carbocycles. The van der Waals surface area contributed by atoms with Gasteiger partial charge in [0.25, 0.3) is 5.56 Å². The molecule has 154 valence electrons. The molecule has 4 rings (SSSR count). The number of halogens is 1. The summed E-state index contributed by atoms with van der Waals surface area (Å²) in [4.78, 5) is 22.0. The van der Waals surface area contributed by atoms with Crippen LogP contribution in [0.1, 0.15) is 23.1 Å². The van der Waals surface area contributed by atoms with E-state index in [0.717, 1.165) is 28.6 Å². The molecule has 0 aliphatic rings. The molecular formula is C21H19FN4O3S. The van der Waals surface area contributed by atoms with E-state index in [1.807, 2.05) is 30.5 Å². The third-order valence-corrected chi connectivity index (χ3v) is 6.24. The minimum absolute atomic E-state index is 0.0746. The van der Waals surface area contributed by atoms with Crippen LogP contribution in [0.5, 0.6) is 0 Å². The standard InChI is InChI=1S/C21H19FN4O3S/c1-13-24-19(11-21(27)25-13)20(10-14-12-23-18-5-3-2-4-17(14)18)26-30(28,29)16-8-6-15(22)7-9-16/h2-9,11-12,20,23,26H,10H2,1H3,(H,24,25,27)/t20-/m1/s1. The second-order valence-corrected chi connectivity index (χ2v) is 8.66. The van der Waals surface area contributed by atoms with E-state index in [1.54, 1.807) is 6.92 Å². The highest BCUT2D eigenvalue weighted by Crippen LogP contribution is 2.25. The molecule has 2 heterocycles. The van der Waals surface area contributed by atoms with E-state index in [0.29, 0.717) is 11.5 Å². The van der Waals surface area contributed by atoms with Crippen LogP contribution < -0.4 is 10.3 Å². The number of aryl methyl sites for hydroxylation is 1. The van der Waals surface area contributed by atoms with Crippen LogP contribution in [0.4, 0.5) is 4.39 Å². The molecule has 0 bridgehead atoms. The normalized spacial score (nSPS) is 12.9. The van der Waals surface area contributed by atoms with Crippen molar-refractivity contribution in [3.63, 3.8) is 0 Å². The highest BCUT2D eigenvalue weighted by atomic mass is 32.2. The van der Waals surface area contributed by atoms with E-state index in [-0.39, 0.29) is 16.9 Å². The van der Waals surface area contributed by atoms with E-state index in [2.05, 4.69) is 19.7 Å². The van der Waals surface area contributed by atoms with Gasteiger partial charge in [0.05, 0.1) is 16.6 Å². The number of benzene rings is 2. The molecule has 2 aromatic carbocycles. The molecule has 0 spiro atoms. The smallest absolute Gasteiger partial charge is 0.251 e. The van der Waals surface area contributed by atoms with Crippen molar-refractivity contribution in [2.75, 3.05) is 0 Å². The van der Waals surface area contributed by atoms with Gasteiger partial charge in [-0.2, -0.15) is 0 Å². The van der Waals surface area contributed by atoms with Crippen LogP contribution in [-0.4, -0.2) is 23.4 Å². The Balaban J connectivity index is 1.75. The number of para-hydroxylation sites is 1. The number of hydrogen-bond acceptors (Lipinski definition) is 4. The van der Waals surface area contributed by atoms with Crippen LogP contribution in [0.25, 0.3) is 10.9 Å². The lowest BCUT2D eigenvalue weighted by Gasteiger charge is -2.18. The Morgan fingerprint density at radius 1 is 1.13 bits per heavy atom. The lowest BCUT2D eigenvalue weighted by molar-refractivity contribution is 0.548. The fourth-order valence-corrected chi connectivity index (χ4v) is 4.59. The van der Waals surface area contributed by atoms with E-state index in [4.69, 9.17) is 0 Å². The van der Waals surface area contributed by atoms with Crippen molar-refractivity contribution >= 4 is 20.9 Å². The maximum Gasteiger partial charge on any atom is 0.251 e. The van der Waals surface area contributed by atoms with Gasteiger partial charge in [-0.3, -0.25) is 4.79 Å². The molecule has 0 fully saturated rings. The number of nitrogens with zero attached hydrogens (tertiary/aromatic N) is 1. The number of nitrogens with one attached hydrogen (secondary N) is 3. The monoisotopic (exact) mass is 426 g/mol. The summed E-state index contributed by atoms with van der Waals surface area (Å²) in [5.41, 5.74) is 1.72. The molecule has 0 radical (unpaired) electrons. The summed E-state index contributed by atoms with van der Waals surface area (Å²) in [6, 6.07) is 12.7. The van der Waals surface area contributed by atoms with Crippen LogP contribution in [0, 0.1) is 12.7 Å². The van der Waals surface area contributed by atoms with Gasteiger partial charge in [-0.1, -0.05) is 18.2 Å². The number of aromatic amines is 2. The number of fused-ring (bicyclic) bond motifs is 1. The van der Waals surface area contributed by atoms with Crippen molar-refractivity contribution in [3.05, 3.63) is 94.0 Å². The predicted molar refractivity (Wildman–Crippen MR) is 111 cm³/mol. The number of aromatic nitrogens is 3. The summed E-state index contributed by atoms with van der Waals surface area (Å²) >= 11 is 0. The van der Waals surface area contributed by atoms with Crippen molar-refractivity contribution < 1.29 is 12.8 Å². The molecule has 2 aromatic heterocycles. The van der Waals surface area contributed by atoms with Crippen LogP contribution in [0.2, 0.25) is 0 Å². The van der Waals surface area contributed by atoms with Gasteiger partial charge >= 0.3 is 0 Å². The first-order valence-corrected chi connectivity index (χ1v) is 10.7. The molecule has 0 unspecified atom stereocenters. The van der Waals surface area contributed by atoms with E-state index in [1.165, 1.54) is 18.2 Å². The Labute approximate surface area is 172 Å². The van der Waals surface area contributed by atoms with E-state index in [9.17, 15) is 17.6 Å². The zero-order chi connectivity index (χ0) is 21.3. The van der Waals surface area contributed by atoms with Crippen LogP contribution in [0.15, 0.2) is 70.5 Å². The highest BCUT2D eigenvalue weighted by molar-refractivity contribution is 7.89. The van der Waals surface area contributed by atoms with Crippen LogP contribution in [-0.2, 0) is 16.4 Å². The fourth-order valence-electron chi connectivity index (χ4n) is 3.38. The van der Waals surface area contributed by atoms with Gasteiger partial charge in [0, 0.05) is 23.2 Å². The van der Waals surface area contributed by atoms with Crippen molar-refractivity contribution in [3.8, 4) is 0 Å². The molecule has 1 atom stereocenters. The molecule has 0 aliphatic carbocycles. The summed E-state index contributed by atoms with van der Waals surface area (Å²) in [7, 11) is -3.99. The molecule has 4 aromatic rings. The Hall–Kier alpha value is -3.30. The summed E-state index contributed by atoms with van der Waals surface area (Å²) in [6.07, 6.45) is 2.07. The molecule has 9 heteroatoms. The molecule has 0 saturated heterocycles. The lowest BCUT2D eigenvalue weighted by Crippen LogP contribution is -2.32. The summed E-state index contributed by atoms with van der Waals surface area (Å²) in [5.74, 6) is -0.154. The maximum absolute atomic E-state index is 13.2. The SMILES string of the molecule is Cc1nc([C@@H](Cc2c[nH]c3ccccc23)NS(=O)(=O)c2ccc(F)cc2)cc(=O)[nH]1. The zero-order valence-electron chi connectivity index (χ0n) is 16.0. The predicted octanol–water partition coefficient (Wildman–Crippen LogP) is 2.96. The van der Waals surface area contributed by atoms with Gasteiger partial charge in [0.1, 0.15) is 11.6 Å². The van der Waals surface area contributed by atoms with Crippen LogP contribution in [0.3, 0.4) is 0 Å². The number of sulfonamides is 1. The van der Waals surface area contributed by atoms with Crippen molar-refractivity contribution in [2.45, 2.75) is 24.3 Å². The van der Waals surface area contributed by atoms with Crippen LogP contribution >= 0.6 is 0 Å².